The Kier molecular flexibility index (Phi) is 4.65. The van der Waals surface area contributed by atoms with E-state index in [-0.39, 0.29) is 22.9 Å². The van der Waals surface area contributed by atoms with Crippen LogP contribution in [0.1, 0.15) is 64.9 Å². The molecule has 2 fully saturated rings. The summed E-state index contributed by atoms with van der Waals surface area (Å²) < 4.78 is 13.5. The first kappa shape index (κ1) is 18.6. The van der Waals surface area contributed by atoms with Crippen LogP contribution in [0.2, 0.25) is 0 Å². The minimum absolute atomic E-state index is 0.169. The summed E-state index contributed by atoms with van der Waals surface area (Å²) in [6.07, 6.45) is 6.63. The van der Waals surface area contributed by atoms with Gasteiger partial charge in [-0.1, -0.05) is 6.07 Å². The quantitative estimate of drug-likeness (QED) is 0.851. The number of rotatable bonds is 4. The summed E-state index contributed by atoms with van der Waals surface area (Å²) in [5, 5.41) is 6.34. The van der Waals surface area contributed by atoms with Crippen LogP contribution in [0.5, 0.6) is 0 Å². The van der Waals surface area contributed by atoms with Crippen molar-refractivity contribution in [1.82, 2.24) is 15.6 Å². The zero-order valence-corrected chi connectivity index (χ0v) is 15.9. The number of amides is 2. The average molecular weight is 381 g/mol. The lowest BCUT2D eigenvalue weighted by Gasteiger charge is -2.40. The summed E-state index contributed by atoms with van der Waals surface area (Å²) in [6, 6.07) is 9.37. The zero-order chi connectivity index (χ0) is 19.8. The van der Waals surface area contributed by atoms with Crippen LogP contribution in [0, 0.1) is 12.7 Å². The highest BCUT2D eigenvalue weighted by Gasteiger charge is 2.52. The van der Waals surface area contributed by atoms with Gasteiger partial charge in [0.25, 0.3) is 11.8 Å². The minimum Gasteiger partial charge on any atom is -0.347 e. The van der Waals surface area contributed by atoms with Gasteiger partial charge in [-0.05, 0) is 81.3 Å². The molecule has 2 N–H and O–H groups in total. The van der Waals surface area contributed by atoms with Crippen molar-refractivity contribution < 1.29 is 14.0 Å². The highest BCUT2D eigenvalue weighted by Crippen LogP contribution is 2.48. The van der Waals surface area contributed by atoms with Crippen molar-refractivity contribution in [2.45, 2.75) is 56.5 Å². The molecule has 1 aromatic carbocycles. The van der Waals surface area contributed by atoms with Crippen molar-refractivity contribution in [1.29, 1.82) is 0 Å². The van der Waals surface area contributed by atoms with Gasteiger partial charge < -0.3 is 10.6 Å². The third-order valence-corrected chi connectivity index (χ3v) is 6.06. The molecule has 5 nitrogen and oxygen atoms in total. The van der Waals surface area contributed by atoms with Gasteiger partial charge in [0.15, 0.2) is 0 Å². The predicted octanol–water partition coefficient (Wildman–Crippen LogP) is 3.53. The van der Waals surface area contributed by atoms with Gasteiger partial charge in [0.1, 0.15) is 11.5 Å². The molecule has 6 heteroatoms. The first-order chi connectivity index (χ1) is 13.4. The monoisotopic (exact) mass is 381 g/mol. The second kappa shape index (κ2) is 7.00. The zero-order valence-electron chi connectivity index (χ0n) is 15.9. The molecule has 0 spiro atoms. The average Bonchev–Trinajstić information content (AvgIpc) is 2.91. The lowest BCUT2D eigenvalue weighted by molar-refractivity contribution is 0.0829. The summed E-state index contributed by atoms with van der Waals surface area (Å²) >= 11 is 0. The predicted molar refractivity (Wildman–Crippen MR) is 103 cm³/mol. The molecule has 0 aliphatic heterocycles. The van der Waals surface area contributed by atoms with Crippen LogP contribution in [0.25, 0.3) is 0 Å². The maximum atomic E-state index is 13.5. The SMILES string of the molecule is Cc1ccnc(C(=O)NC23CCCC(NC(=O)c4cccc(F)c4)(CC2)C3)c1. The number of carbonyl (C=O) groups is 2. The van der Waals surface area contributed by atoms with E-state index in [0.717, 1.165) is 37.7 Å². The van der Waals surface area contributed by atoms with Crippen molar-refractivity contribution in [3.8, 4) is 0 Å². The van der Waals surface area contributed by atoms with E-state index in [9.17, 15) is 14.0 Å². The molecule has 28 heavy (non-hydrogen) atoms. The first-order valence-electron chi connectivity index (χ1n) is 9.72. The molecule has 2 saturated carbocycles. The minimum atomic E-state index is -0.424. The molecule has 0 radical (unpaired) electrons. The van der Waals surface area contributed by atoms with E-state index in [0.29, 0.717) is 17.7 Å². The molecule has 1 aromatic heterocycles. The summed E-state index contributed by atoms with van der Waals surface area (Å²) in [4.78, 5) is 29.6. The molecule has 2 aliphatic carbocycles. The van der Waals surface area contributed by atoms with Gasteiger partial charge in [-0.2, -0.15) is 0 Å². The smallest absolute Gasteiger partial charge is 0.270 e. The number of fused-ring (bicyclic) bond motifs is 2. The van der Waals surface area contributed by atoms with Gasteiger partial charge in [-0.3, -0.25) is 14.6 Å². The molecular weight excluding hydrogens is 357 g/mol. The Hall–Kier alpha value is -2.76. The van der Waals surface area contributed by atoms with Gasteiger partial charge >= 0.3 is 0 Å². The lowest BCUT2D eigenvalue weighted by Crippen LogP contribution is -2.55. The first-order valence-corrected chi connectivity index (χ1v) is 9.72. The van der Waals surface area contributed by atoms with E-state index < -0.39 is 5.82 Å². The van der Waals surface area contributed by atoms with Crippen LogP contribution in [-0.2, 0) is 0 Å². The number of carbonyl (C=O) groups excluding carboxylic acids is 2. The van der Waals surface area contributed by atoms with Crippen LogP contribution >= 0.6 is 0 Å². The summed E-state index contributed by atoms with van der Waals surface area (Å²) in [7, 11) is 0. The lowest BCUT2D eigenvalue weighted by atomic mass is 9.78. The molecular formula is C22H24FN3O2. The highest BCUT2D eigenvalue weighted by molar-refractivity contribution is 5.95. The highest BCUT2D eigenvalue weighted by atomic mass is 19.1. The normalized spacial score (nSPS) is 25.9. The number of benzene rings is 1. The van der Waals surface area contributed by atoms with E-state index >= 15 is 0 Å². The number of nitrogens with zero attached hydrogens (tertiary/aromatic N) is 1. The molecule has 2 aliphatic rings. The van der Waals surface area contributed by atoms with Gasteiger partial charge in [0.05, 0.1) is 0 Å². The molecule has 2 aromatic rings. The van der Waals surface area contributed by atoms with E-state index in [1.807, 2.05) is 13.0 Å². The third kappa shape index (κ3) is 3.63. The summed E-state index contributed by atoms with van der Waals surface area (Å²) in [5.74, 6) is -0.853. The maximum Gasteiger partial charge on any atom is 0.270 e. The van der Waals surface area contributed by atoms with Gasteiger partial charge in [0.2, 0.25) is 0 Å². The summed E-state index contributed by atoms with van der Waals surface area (Å²) in [5.41, 5.74) is 1.06. The van der Waals surface area contributed by atoms with Crippen LogP contribution < -0.4 is 10.6 Å². The number of halogens is 1. The van der Waals surface area contributed by atoms with E-state index in [1.165, 1.54) is 18.2 Å². The molecule has 4 rings (SSSR count). The van der Waals surface area contributed by atoms with E-state index in [1.54, 1.807) is 18.3 Å². The van der Waals surface area contributed by atoms with Gasteiger partial charge in [-0.25, -0.2) is 4.39 Å². The van der Waals surface area contributed by atoms with Crippen LogP contribution in [0.15, 0.2) is 42.6 Å². The van der Waals surface area contributed by atoms with Crippen LogP contribution in [-0.4, -0.2) is 27.9 Å². The molecule has 2 bridgehead atoms. The maximum absolute atomic E-state index is 13.5. The fraction of sp³-hybridized carbons (Fsp3) is 0.409. The number of aryl methyl sites for hydroxylation is 1. The second-order valence-electron chi connectivity index (χ2n) is 8.23. The molecule has 2 amide bonds. The molecule has 2 atom stereocenters. The van der Waals surface area contributed by atoms with Crippen LogP contribution in [0.4, 0.5) is 4.39 Å². The van der Waals surface area contributed by atoms with E-state index in [2.05, 4.69) is 15.6 Å². The second-order valence-corrected chi connectivity index (χ2v) is 8.23. The topological polar surface area (TPSA) is 71.1 Å². The Morgan fingerprint density at radius 3 is 2.39 bits per heavy atom. The molecule has 146 valence electrons. The molecule has 1 heterocycles. The number of aromatic nitrogens is 1. The largest absolute Gasteiger partial charge is 0.347 e. The van der Waals surface area contributed by atoms with Crippen molar-refractivity contribution >= 4 is 11.8 Å². The number of hydrogen-bond acceptors (Lipinski definition) is 3. The Morgan fingerprint density at radius 1 is 1.00 bits per heavy atom. The fourth-order valence-corrected chi connectivity index (χ4v) is 4.74. The third-order valence-electron chi connectivity index (χ3n) is 6.06. The molecule has 0 saturated heterocycles. The number of hydrogen-bond donors (Lipinski definition) is 2. The van der Waals surface area contributed by atoms with Crippen molar-refractivity contribution in [2.24, 2.45) is 0 Å². The van der Waals surface area contributed by atoms with Crippen LogP contribution in [0.3, 0.4) is 0 Å². The van der Waals surface area contributed by atoms with Crippen molar-refractivity contribution in [3.63, 3.8) is 0 Å². The number of pyridine rings is 1. The Balaban J connectivity index is 1.48. The van der Waals surface area contributed by atoms with Gasteiger partial charge in [-0.15, -0.1) is 0 Å². The Labute approximate surface area is 163 Å². The fourth-order valence-electron chi connectivity index (χ4n) is 4.74. The van der Waals surface area contributed by atoms with Crippen molar-refractivity contribution in [2.75, 3.05) is 0 Å². The standard InChI is InChI=1S/C22H24FN3O2/c1-15-6-11-24-18(12-15)20(28)26-22-8-3-7-21(14-22,9-10-22)25-19(27)16-4-2-5-17(23)13-16/h2,4-6,11-13H,3,7-10,14H2,1H3,(H,25,27)(H,26,28). The number of nitrogens with one attached hydrogen (secondary N) is 2. The van der Waals surface area contributed by atoms with Crippen molar-refractivity contribution in [3.05, 3.63) is 65.2 Å². The van der Waals surface area contributed by atoms with Gasteiger partial charge in [0, 0.05) is 22.8 Å². The Bertz CT molecular complexity index is 858. The Morgan fingerprint density at radius 2 is 1.71 bits per heavy atom. The summed E-state index contributed by atoms with van der Waals surface area (Å²) in [6.45, 7) is 1.93. The van der Waals surface area contributed by atoms with E-state index in [4.69, 9.17) is 0 Å². The molecule has 2 unspecified atom stereocenters.